The number of anilines is 3. The van der Waals surface area contributed by atoms with E-state index in [4.69, 9.17) is 5.73 Å². The van der Waals surface area contributed by atoms with Gasteiger partial charge in [-0.3, -0.25) is 0 Å². The molecule has 0 aliphatic heterocycles. The quantitative estimate of drug-likeness (QED) is 0.814. The number of nitrogens with one attached hydrogen (secondary N) is 1. The van der Waals surface area contributed by atoms with Gasteiger partial charge in [-0.25, -0.2) is 4.39 Å². The summed E-state index contributed by atoms with van der Waals surface area (Å²) in [5.41, 5.74) is 8.32. The third kappa shape index (κ3) is 2.58. The number of para-hydroxylation sites is 1. The first-order valence-corrected chi connectivity index (χ1v) is 5.94. The standard InChI is InChI=1S/C13H12BrFN2/c1-8-6-13(11(16)7-10(8)15)17-12-5-3-2-4-9(12)14/h2-7,17H,16H2,1H3. The fraction of sp³-hybridized carbons (Fsp3) is 0.0769. The maximum Gasteiger partial charge on any atom is 0.128 e. The van der Waals surface area contributed by atoms with Gasteiger partial charge in [-0.15, -0.1) is 0 Å². The normalized spacial score (nSPS) is 10.3. The minimum atomic E-state index is -0.292. The summed E-state index contributed by atoms with van der Waals surface area (Å²) in [6.07, 6.45) is 0. The SMILES string of the molecule is Cc1cc(Nc2ccccc2Br)c(N)cc1F. The number of nitrogens with two attached hydrogens (primary N) is 1. The van der Waals surface area contributed by atoms with Gasteiger partial charge in [0.25, 0.3) is 0 Å². The molecule has 0 spiro atoms. The second kappa shape index (κ2) is 4.75. The summed E-state index contributed by atoms with van der Waals surface area (Å²) < 4.78 is 14.2. The van der Waals surface area contributed by atoms with Gasteiger partial charge in [-0.2, -0.15) is 0 Å². The Morgan fingerprint density at radius 2 is 1.88 bits per heavy atom. The van der Waals surface area contributed by atoms with Gasteiger partial charge in [-0.1, -0.05) is 12.1 Å². The number of nitrogen functional groups attached to an aromatic ring is 1. The van der Waals surface area contributed by atoms with E-state index in [2.05, 4.69) is 21.2 Å². The summed E-state index contributed by atoms with van der Waals surface area (Å²) in [4.78, 5) is 0. The van der Waals surface area contributed by atoms with Crippen LogP contribution in [-0.2, 0) is 0 Å². The Hall–Kier alpha value is -1.55. The van der Waals surface area contributed by atoms with Crippen LogP contribution < -0.4 is 11.1 Å². The Morgan fingerprint density at radius 1 is 1.18 bits per heavy atom. The Labute approximate surface area is 108 Å². The van der Waals surface area contributed by atoms with E-state index in [1.807, 2.05) is 24.3 Å². The summed E-state index contributed by atoms with van der Waals surface area (Å²) in [5.74, 6) is -0.292. The largest absolute Gasteiger partial charge is 0.397 e. The molecule has 2 rings (SSSR count). The van der Waals surface area contributed by atoms with E-state index in [1.54, 1.807) is 13.0 Å². The molecule has 0 heterocycles. The molecule has 0 aliphatic rings. The molecule has 0 saturated heterocycles. The van der Waals surface area contributed by atoms with Crippen LogP contribution in [0.1, 0.15) is 5.56 Å². The molecule has 88 valence electrons. The summed E-state index contributed by atoms with van der Waals surface area (Å²) >= 11 is 3.43. The monoisotopic (exact) mass is 294 g/mol. The van der Waals surface area contributed by atoms with Crippen LogP contribution in [0.25, 0.3) is 0 Å². The van der Waals surface area contributed by atoms with E-state index in [9.17, 15) is 4.39 Å². The number of benzene rings is 2. The van der Waals surface area contributed by atoms with Crippen molar-refractivity contribution in [1.29, 1.82) is 0 Å². The van der Waals surface area contributed by atoms with Gasteiger partial charge in [0.15, 0.2) is 0 Å². The van der Waals surface area contributed by atoms with Crippen LogP contribution in [0.2, 0.25) is 0 Å². The molecular formula is C13H12BrFN2. The third-order valence-electron chi connectivity index (χ3n) is 2.47. The molecule has 17 heavy (non-hydrogen) atoms. The van der Waals surface area contributed by atoms with E-state index in [0.29, 0.717) is 16.9 Å². The molecule has 2 aromatic carbocycles. The van der Waals surface area contributed by atoms with Crippen LogP contribution in [0.4, 0.5) is 21.5 Å². The summed E-state index contributed by atoms with van der Waals surface area (Å²) in [6, 6.07) is 10.7. The lowest BCUT2D eigenvalue weighted by molar-refractivity contribution is 0.619. The minimum Gasteiger partial charge on any atom is -0.397 e. The van der Waals surface area contributed by atoms with Crippen molar-refractivity contribution in [3.05, 3.63) is 52.3 Å². The van der Waals surface area contributed by atoms with Crippen molar-refractivity contribution in [2.45, 2.75) is 6.92 Å². The molecule has 0 aromatic heterocycles. The summed E-state index contributed by atoms with van der Waals surface area (Å²) in [6.45, 7) is 1.71. The highest BCUT2D eigenvalue weighted by molar-refractivity contribution is 9.10. The molecular weight excluding hydrogens is 283 g/mol. The van der Waals surface area contributed by atoms with Gasteiger partial charge in [0.05, 0.1) is 17.1 Å². The predicted octanol–water partition coefficient (Wildman–Crippen LogP) is 4.22. The lowest BCUT2D eigenvalue weighted by Crippen LogP contribution is -1.99. The number of aryl methyl sites for hydroxylation is 1. The van der Waals surface area contributed by atoms with Crippen LogP contribution in [-0.4, -0.2) is 0 Å². The topological polar surface area (TPSA) is 38.0 Å². The average Bonchev–Trinajstić information content (AvgIpc) is 2.29. The van der Waals surface area contributed by atoms with Gasteiger partial charge < -0.3 is 11.1 Å². The van der Waals surface area contributed by atoms with E-state index in [-0.39, 0.29) is 5.82 Å². The van der Waals surface area contributed by atoms with Crippen molar-refractivity contribution in [3.63, 3.8) is 0 Å². The smallest absolute Gasteiger partial charge is 0.128 e. The molecule has 0 atom stereocenters. The average molecular weight is 295 g/mol. The van der Waals surface area contributed by atoms with Crippen LogP contribution in [0.5, 0.6) is 0 Å². The zero-order chi connectivity index (χ0) is 12.4. The molecule has 2 nitrogen and oxygen atoms in total. The van der Waals surface area contributed by atoms with Crippen molar-refractivity contribution >= 4 is 33.0 Å². The number of rotatable bonds is 2. The molecule has 0 fully saturated rings. The molecule has 0 bridgehead atoms. The van der Waals surface area contributed by atoms with Gasteiger partial charge in [-0.05, 0) is 52.7 Å². The Kier molecular flexibility index (Phi) is 3.33. The van der Waals surface area contributed by atoms with Gasteiger partial charge in [0.1, 0.15) is 5.82 Å². The fourth-order valence-corrected chi connectivity index (χ4v) is 1.90. The third-order valence-corrected chi connectivity index (χ3v) is 3.17. The first-order chi connectivity index (χ1) is 8.08. The highest BCUT2D eigenvalue weighted by Crippen LogP contribution is 2.29. The second-order valence-electron chi connectivity index (χ2n) is 3.79. The number of hydrogen-bond donors (Lipinski definition) is 2. The highest BCUT2D eigenvalue weighted by Gasteiger charge is 2.06. The Bertz CT molecular complexity index is 555. The number of halogens is 2. The van der Waals surface area contributed by atoms with Crippen molar-refractivity contribution in [3.8, 4) is 0 Å². The first-order valence-electron chi connectivity index (χ1n) is 5.15. The highest BCUT2D eigenvalue weighted by atomic mass is 79.9. The van der Waals surface area contributed by atoms with Crippen LogP contribution in [0, 0.1) is 12.7 Å². The van der Waals surface area contributed by atoms with Crippen LogP contribution >= 0.6 is 15.9 Å². The number of hydrogen-bond acceptors (Lipinski definition) is 2. The van der Waals surface area contributed by atoms with Gasteiger partial charge in [0, 0.05) is 4.47 Å². The predicted molar refractivity (Wildman–Crippen MR) is 73.0 cm³/mol. The fourth-order valence-electron chi connectivity index (χ4n) is 1.51. The Morgan fingerprint density at radius 3 is 2.59 bits per heavy atom. The van der Waals surface area contributed by atoms with E-state index < -0.39 is 0 Å². The van der Waals surface area contributed by atoms with Crippen LogP contribution in [0.15, 0.2) is 40.9 Å². The molecule has 3 N–H and O–H groups in total. The summed E-state index contributed by atoms with van der Waals surface area (Å²) in [7, 11) is 0. The molecule has 0 saturated carbocycles. The van der Waals surface area contributed by atoms with Crippen LogP contribution in [0.3, 0.4) is 0 Å². The van der Waals surface area contributed by atoms with E-state index in [1.165, 1.54) is 6.07 Å². The minimum absolute atomic E-state index is 0.292. The molecule has 2 aromatic rings. The van der Waals surface area contributed by atoms with Crippen molar-refractivity contribution in [2.24, 2.45) is 0 Å². The summed E-state index contributed by atoms with van der Waals surface area (Å²) in [5, 5.41) is 3.17. The zero-order valence-electron chi connectivity index (χ0n) is 9.30. The van der Waals surface area contributed by atoms with Crippen molar-refractivity contribution in [2.75, 3.05) is 11.1 Å². The zero-order valence-corrected chi connectivity index (χ0v) is 10.9. The van der Waals surface area contributed by atoms with Crippen molar-refractivity contribution in [1.82, 2.24) is 0 Å². The molecule has 0 radical (unpaired) electrons. The van der Waals surface area contributed by atoms with Crippen molar-refractivity contribution < 1.29 is 4.39 Å². The molecule has 4 heteroatoms. The van der Waals surface area contributed by atoms with Gasteiger partial charge >= 0.3 is 0 Å². The molecule has 0 unspecified atom stereocenters. The van der Waals surface area contributed by atoms with E-state index in [0.717, 1.165) is 10.2 Å². The molecule has 0 amide bonds. The molecule has 0 aliphatic carbocycles. The lowest BCUT2D eigenvalue weighted by Gasteiger charge is -2.12. The first kappa shape index (κ1) is 11.9. The maximum absolute atomic E-state index is 13.3. The second-order valence-corrected chi connectivity index (χ2v) is 4.65. The Balaban J connectivity index is 2.37. The van der Waals surface area contributed by atoms with Gasteiger partial charge in [0.2, 0.25) is 0 Å². The lowest BCUT2D eigenvalue weighted by atomic mass is 10.1. The maximum atomic E-state index is 13.3. The van der Waals surface area contributed by atoms with E-state index >= 15 is 0 Å².